The summed E-state index contributed by atoms with van der Waals surface area (Å²) in [5.41, 5.74) is 4.18. The third-order valence-electron chi connectivity index (χ3n) is 6.07. The predicted molar refractivity (Wildman–Crippen MR) is 124 cm³/mol. The van der Waals surface area contributed by atoms with Crippen molar-refractivity contribution >= 4 is 40.7 Å². The quantitative estimate of drug-likeness (QED) is 0.510. The summed E-state index contributed by atoms with van der Waals surface area (Å²) >= 11 is 8.05. The Labute approximate surface area is 187 Å². The van der Waals surface area contributed by atoms with Crippen molar-refractivity contribution in [3.63, 3.8) is 0 Å². The van der Waals surface area contributed by atoms with Crippen LogP contribution in [0.2, 0.25) is 5.02 Å². The third-order valence-corrected chi connectivity index (χ3v) is 7.23. The number of halogens is 1. The molecule has 1 amide bonds. The number of rotatable bonds is 3. The molecule has 156 valence electrons. The highest BCUT2D eigenvalue weighted by atomic mass is 35.5. The fourth-order valence-corrected chi connectivity index (χ4v) is 5.14. The number of carbonyl (C=O) groups is 2. The third kappa shape index (κ3) is 3.83. The Balaban J connectivity index is 1.87. The highest BCUT2D eigenvalue weighted by Gasteiger charge is 2.44. The molecule has 0 fully saturated rings. The molecule has 1 aliphatic heterocycles. The molecular formula is C25H26ClNO2S. The number of thioether (sulfide) groups is 1. The van der Waals surface area contributed by atoms with E-state index in [1.165, 1.54) is 4.90 Å². The molecule has 3 nitrogen and oxygen atoms in total. The topological polar surface area (TPSA) is 37.4 Å². The van der Waals surface area contributed by atoms with Crippen LogP contribution >= 0.6 is 23.4 Å². The Hall–Kier alpha value is -2.04. The molecule has 0 saturated carbocycles. The van der Waals surface area contributed by atoms with E-state index >= 15 is 0 Å². The van der Waals surface area contributed by atoms with Gasteiger partial charge in [0.15, 0.2) is 5.78 Å². The van der Waals surface area contributed by atoms with Crippen LogP contribution in [0.3, 0.4) is 0 Å². The lowest BCUT2D eigenvalue weighted by Gasteiger charge is -2.43. The summed E-state index contributed by atoms with van der Waals surface area (Å²) in [6.07, 6.45) is 3.51. The smallest absolute Gasteiger partial charge is 0.232 e. The van der Waals surface area contributed by atoms with Crippen LogP contribution in [0.4, 0.5) is 5.69 Å². The second-order valence-electron chi connectivity index (χ2n) is 8.99. The van der Waals surface area contributed by atoms with Gasteiger partial charge < -0.3 is 0 Å². The van der Waals surface area contributed by atoms with Gasteiger partial charge in [0.05, 0.1) is 5.69 Å². The number of anilines is 1. The van der Waals surface area contributed by atoms with E-state index in [-0.39, 0.29) is 29.4 Å². The first-order valence-corrected chi connectivity index (χ1v) is 11.8. The summed E-state index contributed by atoms with van der Waals surface area (Å²) in [5, 5.41) is 0.624. The van der Waals surface area contributed by atoms with Crippen molar-refractivity contribution in [3.8, 4) is 0 Å². The molecule has 1 unspecified atom stereocenters. The Morgan fingerprint density at radius 3 is 2.40 bits per heavy atom. The first-order valence-electron chi connectivity index (χ1n) is 10.2. The number of allylic oxidation sites excluding steroid dienone is 2. The van der Waals surface area contributed by atoms with Crippen molar-refractivity contribution < 1.29 is 9.59 Å². The average molecular weight is 440 g/mol. The summed E-state index contributed by atoms with van der Waals surface area (Å²) < 4.78 is 0. The zero-order valence-electron chi connectivity index (χ0n) is 17.8. The molecule has 4 rings (SSSR count). The van der Waals surface area contributed by atoms with Gasteiger partial charge in [0.1, 0.15) is 0 Å². The Kier molecular flexibility index (Phi) is 5.58. The van der Waals surface area contributed by atoms with Crippen LogP contribution in [0.1, 0.15) is 50.2 Å². The van der Waals surface area contributed by atoms with Gasteiger partial charge in [-0.05, 0) is 60.4 Å². The molecule has 30 heavy (non-hydrogen) atoms. The largest absolute Gasteiger partial charge is 0.294 e. The number of hydrogen-bond donors (Lipinski definition) is 0. The summed E-state index contributed by atoms with van der Waals surface area (Å²) in [6.45, 7) is 6.13. The first kappa shape index (κ1) is 21.2. The lowest BCUT2D eigenvalue weighted by atomic mass is 9.69. The lowest BCUT2D eigenvalue weighted by molar-refractivity contribution is -0.121. The summed E-state index contributed by atoms with van der Waals surface area (Å²) in [7, 11) is 0. The monoisotopic (exact) mass is 439 g/mol. The number of hydrogen-bond acceptors (Lipinski definition) is 3. The van der Waals surface area contributed by atoms with Crippen molar-refractivity contribution in [1.82, 2.24) is 0 Å². The maximum absolute atomic E-state index is 13.4. The van der Waals surface area contributed by atoms with Gasteiger partial charge in [-0.3, -0.25) is 14.5 Å². The van der Waals surface area contributed by atoms with Crippen LogP contribution < -0.4 is 4.90 Å². The van der Waals surface area contributed by atoms with Gasteiger partial charge in [0, 0.05) is 39.9 Å². The van der Waals surface area contributed by atoms with Gasteiger partial charge in [-0.2, -0.15) is 0 Å². The van der Waals surface area contributed by atoms with Gasteiger partial charge in [-0.15, -0.1) is 11.8 Å². The van der Waals surface area contributed by atoms with E-state index < -0.39 is 0 Å². The van der Waals surface area contributed by atoms with Crippen molar-refractivity contribution in [3.05, 3.63) is 69.9 Å². The van der Waals surface area contributed by atoms with Crippen LogP contribution in [0, 0.1) is 12.3 Å². The molecule has 0 N–H and O–H groups in total. The van der Waals surface area contributed by atoms with Crippen LogP contribution in [-0.4, -0.2) is 17.9 Å². The van der Waals surface area contributed by atoms with E-state index in [2.05, 4.69) is 38.1 Å². The van der Waals surface area contributed by atoms with E-state index in [1.54, 1.807) is 16.7 Å². The van der Waals surface area contributed by atoms with Crippen LogP contribution in [0.25, 0.3) is 0 Å². The average Bonchev–Trinajstić information content (AvgIpc) is 2.68. The van der Waals surface area contributed by atoms with E-state index in [1.807, 2.05) is 31.4 Å². The molecule has 0 saturated heterocycles. The zero-order chi connectivity index (χ0) is 21.6. The maximum atomic E-state index is 13.4. The minimum atomic E-state index is -0.191. The Morgan fingerprint density at radius 1 is 1.07 bits per heavy atom. The minimum Gasteiger partial charge on any atom is -0.294 e. The molecule has 2 aliphatic rings. The van der Waals surface area contributed by atoms with Gasteiger partial charge >= 0.3 is 0 Å². The van der Waals surface area contributed by atoms with E-state index in [4.69, 9.17) is 11.6 Å². The van der Waals surface area contributed by atoms with Gasteiger partial charge in [0.25, 0.3) is 0 Å². The fraction of sp³-hybridized carbons (Fsp3) is 0.360. The van der Waals surface area contributed by atoms with E-state index in [0.717, 1.165) is 28.1 Å². The molecule has 1 atom stereocenters. The number of Topliss-reactive ketones (excluding diaryl/α,β-unsaturated/α-hetero) is 1. The molecule has 0 radical (unpaired) electrons. The minimum absolute atomic E-state index is 0.0121. The number of amides is 1. The molecule has 2 aromatic carbocycles. The number of benzene rings is 2. The van der Waals surface area contributed by atoms with E-state index in [9.17, 15) is 9.59 Å². The standard InChI is InChI=1S/C25H26ClNO2S/c1-15-5-8-17(11-20(15)26)27-21-13-25(2,3)14-22(28)24(21)19(12-23(27)29)16-6-9-18(30-4)10-7-16/h5-11,19H,12-14H2,1-4H3. The second-order valence-corrected chi connectivity index (χ2v) is 10.3. The number of nitrogens with zero attached hydrogens (tertiary/aromatic N) is 1. The molecule has 1 aliphatic carbocycles. The molecule has 0 aromatic heterocycles. The summed E-state index contributed by atoms with van der Waals surface area (Å²) in [5.74, 6) is -0.0295. The zero-order valence-corrected chi connectivity index (χ0v) is 19.4. The predicted octanol–water partition coefficient (Wildman–Crippen LogP) is 6.53. The van der Waals surface area contributed by atoms with Gasteiger partial charge in [-0.25, -0.2) is 0 Å². The van der Waals surface area contributed by atoms with Crippen LogP contribution in [-0.2, 0) is 9.59 Å². The van der Waals surface area contributed by atoms with Gasteiger partial charge in [0.2, 0.25) is 5.91 Å². The first-order chi connectivity index (χ1) is 14.2. The molecule has 2 aromatic rings. The lowest BCUT2D eigenvalue weighted by Crippen LogP contribution is -2.43. The van der Waals surface area contributed by atoms with Crippen molar-refractivity contribution in [2.45, 2.75) is 50.8 Å². The maximum Gasteiger partial charge on any atom is 0.232 e. The SMILES string of the molecule is CSc1ccc(C2CC(=O)N(c3ccc(C)c(Cl)c3)C3=C2C(=O)CC(C)(C)C3)cc1. The molecule has 5 heteroatoms. The molecule has 1 heterocycles. The number of aryl methyl sites for hydroxylation is 1. The number of carbonyl (C=O) groups excluding carboxylic acids is 2. The normalized spacial score (nSPS) is 21.1. The van der Waals surface area contributed by atoms with Crippen molar-refractivity contribution in [2.75, 3.05) is 11.2 Å². The summed E-state index contributed by atoms with van der Waals surface area (Å²) in [4.78, 5) is 29.6. The molecule has 0 bridgehead atoms. The van der Waals surface area contributed by atoms with Crippen LogP contribution in [0.5, 0.6) is 0 Å². The fourth-order valence-electron chi connectivity index (χ4n) is 4.56. The second kappa shape index (κ2) is 7.90. The van der Waals surface area contributed by atoms with Crippen LogP contribution in [0.15, 0.2) is 58.6 Å². The molecular weight excluding hydrogens is 414 g/mol. The molecule has 0 spiro atoms. The Bertz CT molecular complexity index is 1060. The highest BCUT2D eigenvalue weighted by molar-refractivity contribution is 7.98. The highest BCUT2D eigenvalue weighted by Crippen LogP contribution is 2.48. The van der Waals surface area contributed by atoms with Gasteiger partial charge in [-0.1, -0.05) is 43.6 Å². The van der Waals surface area contributed by atoms with Crippen molar-refractivity contribution in [1.29, 1.82) is 0 Å². The van der Waals surface area contributed by atoms with Crippen molar-refractivity contribution in [2.24, 2.45) is 5.41 Å². The summed E-state index contributed by atoms with van der Waals surface area (Å²) in [6, 6.07) is 13.9. The van der Waals surface area contributed by atoms with E-state index in [0.29, 0.717) is 17.9 Å². The Morgan fingerprint density at radius 2 is 1.77 bits per heavy atom. The number of ketones is 1.